The highest BCUT2D eigenvalue weighted by molar-refractivity contribution is 5.87. The molecule has 26 heavy (non-hydrogen) atoms. The molecule has 0 aliphatic rings. The maximum atomic E-state index is 12.4. The minimum atomic E-state index is -0.929. The number of hydrogen-bond acceptors (Lipinski definition) is 3. The third kappa shape index (κ3) is 7.55. The van der Waals surface area contributed by atoms with Gasteiger partial charge in [-0.1, -0.05) is 57.5 Å². The number of aliphatic carboxylic acids is 1. The van der Waals surface area contributed by atoms with Crippen molar-refractivity contribution in [3.05, 3.63) is 35.9 Å². The van der Waals surface area contributed by atoms with Gasteiger partial charge in [0.1, 0.15) is 6.04 Å². The molecule has 0 saturated heterocycles. The topological polar surface area (TPSA) is 108 Å². The van der Waals surface area contributed by atoms with Gasteiger partial charge in [0.05, 0.1) is 5.92 Å². The van der Waals surface area contributed by atoms with E-state index in [1.165, 1.54) is 0 Å². The van der Waals surface area contributed by atoms with E-state index in [0.717, 1.165) is 12.0 Å². The molecule has 0 heterocycles. The number of rotatable bonds is 10. The van der Waals surface area contributed by atoms with Crippen LogP contribution in [0.2, 0.25) is 0 Å². The highest BCUT2D eigenvalue weighted by Gasteiger charge is 2.25. The number of hydrogen-bond donors (Lipinski definition) is 4. The van der Waals surface area contributed by atoms with Crippen LogP contribution in [0.25, 0.3) is 0 Å². The summed E-state index contributed by atoms with van der Waals surface area (Å²) in [5, 5.41) is 17.2. The number of benzene rings is 1. The van der Waals surface area contributed by atoms with Gasteiger partial charge in [-0.3, -0.25) is 9.59 Å². The Kier molecular flexibility index (Phi) is 9.19. The molecular formula is C19H29N3O4. The zero-order valence-electron chi connectivity index (χ0n) is 15.6. The second-order valence-corrected chi connectivity index (χ2v) is 6.60. The summed E-state index contributed by atoms with van der Waals surface area (Å²) in [6, 6.07) is 8.28. The molecule has 2 unspecified atom stereocenters. The number of nitrogens with one attached hydrogen (secondary N) is 3. The van der Waals surface area contributed by atoms with Crippen LogP contribution in [-0.4, -0.2) is 35.6 Å². The smallest absolute Gasteiger partial charge is 0.315 e. The number of carboxylic acid groups (broad SMARTS) is 1. The fourth-order valence-electron chi connectivity index (χ4n) is 2.50. The SMILES string of the molecule is CCCC(CNC(=O)C(NC(=O)NCc1ccccc1)C(C)C)C(=O)O. The average Bonchev–Trinajstić information content (AvgIpc) is 2.61. The number of carboxylic acids is 1. The van der Waals surface area contributed by atoms with Crippen molar-refractivity contribution in [3.8, 4) is 0 Å². The molecule has 7 heteroatoms. The molecule has 0 aliphatic carbocycles. The highest BCUT2D eigenvalue weighted by atomic mass is 16.4. The first-order valence-electron chi connectivity index (χ1n) is 8.93. The fraction of sp³-hybridized carbons (Fsp3) is 0.526. The minimum absolute atomic E-state index is 0.0541. The van der Waals surface area contributed by atoms with Crippen molar-refractivity contribution < 1.29 is 19.5 Å². The highest BCUT2D eigenvalue weighted by Crippen LogP contribution is 2.07. The molecule has 0 bridgehead atoms. The quantitative estimate of drug-likeness (QED) is 0.511. The van der Waals surface area contributed by atoms with E-state index in [1.54, 1.807) is 0 Å². The molecule has 144 valence electrons. The molecule has 1 aromatic carbocycles. The molecule has 1 rings (SSSR count). The summed E-state index contributed by atoms with van der Waals surface area (Å²) in [6.45, 7) is 5.95. The summed E-state index contributed by atoms with van der Waals surface area (Å²) in [5.74, 6) is -2.06. The maximum absolute atomic E-state index is 12.4. The first-order valence-corrected chi connectivity index (χ1v) is 8.93. The largest absolute Gasteiger partial charge is 0.481 e. The van der Waals surface area contributed by atoms with Crippen molar-refractivity contribution in [1.29, 1.82) is 0 Å². The van der Waals surface area contributed by atoms with Gasteiger partial charge in [-0.2, -0.15) is 0 Å². The second-order valence-electron chi connectivity index (χ2n) is 6.60. The molecule has 2 atom stereocenters. The van der Waals surface area contributed by atoms with Crippen LogP contribution in [0.1, 0.15) is 39.2 Å². The Hall–Kier alpha value is -2.57. The lowest BCUT2D eigenvalue weighted by molar-refractivity contribution is -0.142. The molecule has 7 nitrogen and oxygen atoms in total. The van der Waals surface area contributed by atoms with E-state index in [9.17, 15) is 14.4 Å². The van der Waals surface area contributed by atoms with Gasteiger partial charge in [0.25, 0.3) is 0 Å². The van der Waals surface area contributed by atoms with Crippen LogP contribution >= 0.6 is 0 Å². The molecular weight excluding hydrogens is 334 g/mol. The molecule has 0 fully saturated rings. The van der Waals surface area contributed by atoms with Gasteiger partial charge < -0.3 is 21.1 Å². The maximum Gasteiger partial charge on any atom is 0.315 e. The van der Waals surface area contributed by atoms with E-state index in [4.69, 9.17) is 5.11 Å². The van der Waals surface area contributed by atoms with Gasteiger partial charge in [-0.15, -0.1) is 0 Å². The van der Waals surface area contributed by atoms with Crippen molar-refractivity contribution in [3.63, 3.8) is 0 Å². The van der Waals surface area contributed by atoms with E-state index in [-0.39, 0.29) is 18.4 Å². The molecule has 0 aliphatic heterocycles. The number of carbonyl (C=O) groups excluding carboxylic acids is 2. The summed E-state index contributed by atoms with van der Waals surface area (Å²) in [4.78, 5) is 35.6. The molecule has 3 amide bonds. The Morgan fingerprint density at radius 2 is 1.73 bits per heavy atom. The standard InChI is InChI=1S/C19H29N3O4/c1-4-8-15(18(24)25)12-20-17(23)16(13(2)3)22-19(26)21-11-14-9-6-5-7-10-14/h5-7,9-10,13,15-16H,4,8,11-12H2,1-3H3,(H,20,23)(H,24,25)(H2,21,22,26). The lowest BCUT2D eigenvalue weighted by Gasteiger charge is -2.23. The van der Waals surface area contributed by atoms with Crippen molar-refractivity contribution in [1.82, 2.24) is 16.0 Å². The van der Waals surface area contributed by atoms with Crippen molar-refractivity contribution in [2.24, 2.45) is 11.8 Å². The normalized spacial score (nSPS) is 12.9. The minimum Gasteiger partial charge on any atom is -0.481 e. The van der Waals surface area contributed by atoms with Gasteiger partial charge in [0.2, 0.25) is 5.91 Å². The fourth-order valence-corrected chi connectivity index (χ4v) is 2.50. The van der Waals surface area contributed by atoms with Gasteiger partial charge in [0, 0.05) is 13.1 Å². The third-order valence-electron chi connectivity index (χ3n) is 4.04. The van der Waals surface area contributed by atoms with Crippen molar-refractivity contribution in [2.75, 3.05) is 6.54 Å². The molecule has 0 radical (unpaired) electrons. The van der Waals surface area contributed by atoms with Crippen LogP contribution in [0.15, 0.2) is 30.3 Å². The van der Waals surface area contributed by atoms with Crippen LogP contribution in [-0.2, 0) is 16.1 Å². The lowest BCUT2D eigenvalue weighted by Crippen LogP contribution is -2.53. The van der Waals surface area contributed by atoms with Crippen LogP contribution in [0.3, 0.4) is 0 Å². The summed E-state index contributed by atoms with van der Waals surface area (Å²) < 4.78 is 0. The first-order chi connectivity index (χ1) is 12.3. The Bertz CT molecular complexity index is 590. The molecule has 0 aromatic heterocycles. The van der Waals surface area contributed by atoms with E-state index in [2.05, 4.69) is 16.0 Å². The predicted octanol–water partition coefficient (Wildman–Crippen LogP) is 2.13. The number of carbonyl (C=O) groups is 3. The van der Waals surface area contributed by atoms with Crippen LogP contribution < -0.4 is 16.0 Å². The van der Waals surface area contributed by atoms with Gasteiger partial charge in [-0.05, 0) is 17.9 Å². The predicted molar refractivity (Wildman–Crippen MR) is 99.5 cm³/mol. The Labute approximate surface area is 154 Å². The molecule has 0 spiro atoms. The summed E-state index contributed by atoms with van der Waals surface area (Å²) in [5.41, 5.74) is 0.956. The molecule has 0 saturated carbocycles. The summed E-state index contributed by atoms with van der Waals surface area (Å²) >= 11 is 0. The zero-order valence-corrected chi connectivity index (χ0v) is 15.6. The Balaban J connectivity index is 2.54. The summed E-state index contributed by atoms with van der Waals surface area (Å²) in [6.07, 6.45) is 1.22. The number of urea groups is 1. The molecule has 1 aromatic rings. The van der Waals surface area contributed by atoms with Gasteiger partial charge in [0.15, 0.2) is 0 Å². The van der Waals surface area contributed by atoms with E-state index in [0.29, 0.717) is 13.0 Å². The average molecular weight is 363 g/mol. The van der Waals surface area contributed by atoms with E-state index >= 15 is 0 Å². The Morgan fingerprint density at radius 1 is 1.08 bits per heavy atom. The van der Waals surface area contributed by atoms with Crippen LogP contribution in [0, 0.1) is 11.8 Å². The van der Waals surface area contributed by atoms with Crippen LogP contribution in [0.4, 0.5) is 4.79 Å². The van der Waals surface area contributed by atoms with Crippen LogP contribution in [0.5, 0.6) is 0 Å². The zero-order chi connectivity index (χ0) is 19.5. The van der Waals surface area contributed by atoms with Crippen molar-refractivity contribution >= 4 is 17.9 Å². The third-order valence-corrected chi connectivity index (χ3v) is 4.04. The second kappa shape index (κ2) is 11.1. The monoisotopic (exact) mass is 363 g/mol. The first kappa shape index (κ1) is 21.5. The van der Waals surface area contributed by atoms with E-state index < -0.39 is 24.0 Å². The van der Waals surface area contributed by atoms with Crippen molar-refractivity contribution in [2.45, 2.75) is 46.2 Å². The lowest BCUT2D eigenvalue weighted by atomic mass is 10.0. The summed E-state index contributed by atoms with van der Waals surface area (Å²) in [7, 11) is 0. The Morgan fingerprint density at radius 3 is 2.27 bits per heavy atom. The number of amides is 3. The van der Waals surface area contributed by atoms with Gasteiger partial charge in [-0.25, -0.2) is 4.79 Å². The van der Waals surface area contributed by atoms with Gasteiger partial charge >= 0.3 is 12.0 Å². The van der Waals surface area contributed by atoms with E-state index in [1.807, 2.05) is 51.1 Å². The molecule has 4 N–H and O–H groups in total.